The quantitative estimate of drug-likeness (QED) is 0.471. The summed E-state index contributed by atoms with van der Waals surface area (Å²) in [5, 5.41) is 6.08. The average molecular weight is 555 g/mol. The zero-order valence-electron chi connectivity index (χ0n) is 22.6. The number of fused-ring (bicyclic) bond motifs is 3. The van der Waals surface area contributed by atoms with Gasteiger partial charge in [0.1, 0.15) is 17.2 Å². The van der Waals surface area contributed by atoms with Crippen LogP contribution < -0.4 is 10.6 Å². The molecule has 2 heterocycles. The summed E-state index contributed by atoms with van der Waals surface area (Å²) in [6, 6.07) is 6.46. The van der Waals surface area contributed by atoms with Crippen molar-refractivity contribution >= 4 is 29.1 Å². The third-order valence-corrected chi connectivity index (χ3v) is 9.08. The predicted molar refractivity (Wildman–Crippen MR) is 144 cm³/mol. The molecular weight excluding hydrogens is 521 g/mol. The second-order valence-corrected chi connectivity index (χ2v) is 11.3. The predicted octanol–water partition coefficient (Wildman–Crippen LogP) is 4.89. The van der Waals surface area contributed by atoms with E-state index in [1.54, 1.807) is 24.3 Å². The third-order valence-electron chi connectivity index (χ3n) is 9.08. The zero-order valence-corrected chi connectivity index (χ0v) is 22.6. The number of rotatable bonds is 7. The lowest BCUT2D eigenvalue weighted by Crippen LogP contribution is -2.47. The summed E-state index contributed by atoms with van der Waals surface area (Å²) in [4.78, 5) is 37.7. The molecule has 40 heavy (non-hydrogen) atoms. The van der Waals surface area contributed by atoms with Gasteiger partial charge in [-0.25, -0.2) is 4.98 Å². The number of Topliss-reactive ketones (excluding diaryl/α,β-unsaturated/α-hetero) is 1. The van der Waals surface area contributed by atoms with Gasteiger partial charge in [-0.15, -0.1) is 0 Å². The molecular formula is C29H33F3N6O2. The number of carbonyl (C=O) groups is 2. The summed E-state index contributed by atoms with van der Waals surface area (Å²) in [6.45, 7) is 4.80. The van der Waals surface area contributed by atoms with Gasteiger partial charge in [-0.1, -0.05) is 25.8 Å². The second-order valence-electron chi connectivity index (χ2n) is 11.3. The number of ketones is 1. The normalized spacial score (nSPS) is 27.6. The molecule has 212 valence electrons. The van der Waals surface area contributed by atoms with Gasteiger partial charge >= 0.3 is 6.18 Å². The van der Waals surface area contributed by atoms with Crippen molar-refractivity contribution in [2.45, 2.75) is 51.2 Å². The molecule has 1 spiro atoms. The van der Waals surface area contributed by atoms with Crippen LogP contribution >= 0.6 is 0 Å². The maximum Gasteiger partial charge on any atom is 0.421 e. The number of halogens is 3. The Morgan fingerprint density at radius 2 is 1.82 bits per heavy atom. The van der Waals surface area contributed by atoms with Crippen LogP contribution in [0.2, 0.25) is 0 Å². The van der Waals surface area contributed by atoms with Crippen LogP contribution in [0.5, 0.6) is 0 Å². The molecule has 3 fully saturated rings. The molecule has 1 aromatic heterocycles. The van der Waals surface area contributed by atoms with Gasteiger partial charge < -0.3 is 20.4 Å². The minimum absolute atomic E-state index is 0.0121. The standard InChI is InChI=1S/C29H33F3N6O2/c1-3-23(39)28-16-21(28)27(28)11-5-4-6-22(27)35-24-20(29(30,31)32)17-33-26(36-24)34-19-9-7-18(8-10-19)25(40)38-14-12-37(2)13-15-38/h7-10,16-17,22H,3-6,11-15H2,1-2H3,(H2,33,34,35,36)/t22-,27?,28+/m1/s1. The number of alkyl halides is 3. The Hall–Kier alpha value is -3.47. The van der Waals surface area contributed by atoms with E-state index in [1.165, 1.54) is 0 Å². The Balaban J connectivity index is 1.21. The molecule has 1 saturated heterocycles. The van der Waals surface area contributed by atoms with E-state index in [-0.39, 0.29) is 29.5 Å². The van der Waals surface area contributed by atoms with Crippen LogP contribution in [0.15, 0.2) is 42.1 Å². The minimum Gasteiger partial charge on any atom is -0.366 e. The smallest absolute Gasteiger partial charge is 0.366 e. The highest BCUT2D eigenvalue weighted by atomic mass is 19.4. The summed E-state index contributed by atoms with van der Waals surface area (Å²) in [6.07, 6.45) is 1.82. The zero-order chi connectivity index (χ0) is 28.3. The first kappa shape index (κ1) is 26.7. The molecule has 11 heteroatoms. The Labute approximate surface area is 231 Å². The molecule has 3 aliphatic carbocycles. The van der Waals surface area contributed by atoms with Gasteiger partial charge in [0.15, 0.2) is 0 Å². The van der Waals surface area contributed by atoms with Crippen LogP contribution in [-0.2, 0) is 11.0 Å². The number of amides is 1. The van der Waals surface area contributed by atoms with Gasteiger partial charge in [0.25, 0.3) is 5.91 Å². The second kappa shape index (κ2) is 9.57. The van der Waals surface area contributed by atoms with Gasteiger partial charge in [-0.05, 0) is 49.7 Å². The first-order valence-corrected chi connectivity index (χ1v) is 13.9. The van der Waals surface area contributed by atoms with Crippen molar-refractivity contribution in [1.82, 2.24) is 19.8 Å². The summed E-state index contributed by atoms with van der Waals surface area (Å²) in [5.41, 5.74) is 0.279. The van der Waals surface area contributed by atoms with Crippen LogP contribution in [0.1, 0.15) is 54.9 Å². The number of nitrogens with one attached hydrogen (secondary N) is 2. The number of hydrogen-bond acceptors (Lipinski definition) is 7. The summed E-state index contributed by atoms with van der Waals surface area (Å²) >= 11 is 0. The highest BCUT2D eigenvalue weighted by Gasteiger charge is 2.85. The molecule has 1 unspecified atom stereocenters. The van der Waals surface area contributed by atoms with Crippen molar-refractivity contribution in [2.24, 2.45) is 10.8 Å². The summed E-state index contributed by atoms with van der Waals surface area (Å²) in [5.74, 6) is -0.181. The van der Waals surface area contributed by atoms with E-state index in [2.05, 4.69) is 25.5 Å². The number of carbonyl (C=O) groups excluding carboxylic acids is 2. The van der Waals surface area contributed by atoms with E-state index in [4.69, 9.17) is 0 Å². The first-order chi connectivity index (χ1) is 19.1. The molecule has 2 N–H and O–H groups in total. The van der Waals surface area contributed by atoms with Crippen LogP contribution in [0.4, 0.5) is 30.6 Å². The number of nitrogens with zero attached hydrogens (tertiary/aromatic N) is 4. The molecule has 8 nitrogen and oxygen atoms in total. The van der Waals surface area contributed by atoms with E-state index in [9.17, 15) is 22.8 Å². The Morgan fingerprint density at radius 3 is 2.48 bits per heavy atom. The lowest BCUT2D eigenvalue weighted by atomic mass is 9.72. The number of aromatic nitrogens is 2. The molecule has 2 saturated carbocycles. The SMILES string of the molecule is CCC(=O)[C@]12C=C1C21CCCC[C@H]1Nc1nc(Nc2ccc(C(=O)N3CCN(C)CC3)cc2)ncc1C(F)(F)F. The molecule has 6 rings (SSSR count). The maximum absolute atomic E-state index is 14.0. The summed E-state index contributed by atoms with van der Waals surface area (Å²) < 4.78 is 41.9. The van der Waals surface area contributed by atoms with E-state index < -0.39 is 22.6 Å². The van der Waals surface area contributed by atoms with Crippen LogP contribution in [-0.4, -0.2) is 70.7 Å². The Bertz CT molecular complexity index is 1370. The van der Waals surface area contributed by atoms with Crippen LogP contribution in [0.3, 0.4) is 0 Å². The van der Waals surface area contributed by atoms with Crippen molar-refractivity contribution in [3.05, 3.63) is 53.2 Å². The van der Waals surface area contributed by atoms with Gasteiger partial charge in [-0.2, -0.15) is 18.2 Å². The molecule has 0 radical (unpaired) electrons. The van der Waals surface area contributed by atoms with Crippen molar-refractivity contribution in [3.63, 3.8) is 0 Å². The fourth-order valence-corrected chi connectivity index (χ4v) is 6.75. The van der Waals surface area contributed by atoms with Crippen molar-refractivity contribution < 1.29 is 22.8 Å². The van der Waals surface area contributed by atoms with Crippen molar-refractivity contribution in [3.8, 4) is 0 Å². The lowest BCUT2D eigenvalue weighted by molar-refractivity contribution is -0.137. The van der Waals surface area contributed by atoms with Gasteiger partial charge in [-0.3, -0.25) is 9.59 Å². The van der Waals surface area contributed by atoms with Gasteiger partial charge in [0.2, 0.25) is 5.95 Å². The van der Waals surface area contributed by atoms with Crippen molar-refractivity contribution in [2.75, 3.05) is 43.9 Å². The fraction of sp³-hybridized carbons (Fsp3) is 0.517. The number of benzene rings is 1. The number of hydrogen-bond donors (Lipinski definition) is 2. The Kier molecular flexibility index (Phi) is 6.40. The third kappa shape index (κ3) is 4.25. The molecule has 0 bridgehead atoms. The molecule has 1 aliphatic heterocycles. The lowest BCUT2D eigenvalue weighted by Gasteiger charge is -2.37. The maximum atomic E-state index is 14.0. The number of likely N-dealkylation sites (N-methyl/N-ethyl adjacent to an activating group) is 1. The molecule has 3 atom stereocenters. The van der Waals surface area contributed by atoms with Gasteiger partial charge in [0, 0.05) is 61.5 Å². The first-order valence-electron chi connectivity index (χ1n) is 13.9. The largest absolute Gasteiger partial charge is 0.421 e. The number of piperazine rings is 1. The Morgan fingerprint density at radius 1 is 1.10 bits per heavy atom. The van der Waals surface area contributed by atoms with Crippen LogP contribution in [0.25, 0.3) is 0 Å². The highest BCUT2D eigenvalue weighted by molar-refractivity contribution is 6.05. The number of allylic oxidation sites excluding steroid dienone is 1. The summed E-state index contributed by atoms with van der Waals surface area (Å²) in [7, 11) is 2.02. The molecule has 4 aliphatic rings. The monoisotopic (exact) mass is 554 g/mol. The van der Waals surface area contributed by atoms with E-state index in [0.717, 1.165) is 44.1 Å². The molecule has 2 aromatic rings. The number of anilines is 3. The topological polar surface area (TPSA) is 90.5 Å². The average Bonchev–Trinajstić information content (AvgIpc) is 3.83. The van der Waals surface area contributed by atoms with E-state index in [1.807, 2.05) is 24.9 Å². The van der Waals surface area contributed by atoms with E-state index >= 15 is 0 Å². The van der Waals surface area contributed by atoms with Gasteiger partial charge in [0.05, 0.1) is 5.41 Å². The highest BCUT2D eigenvalue weighted by Crippen LogP contribution is 2.86. The minimum atomic E-state index is -4.64. The van der Waals surface area contributed by atoms with Crippen LogP contribution in [0, 0.1) is 10.8 Å². The fourth-order valence-electron chi connectivity index (χ4n) is 6.75. The molecule has 1 amide bonds. The molecule has 1 aromatic carbocycles. The van der Waals surface area contributed by atoms with Crippen molar-refractivity contribution in [1.29, 1.82) is 0 Å². The van der Waals surface area contributed by atoms with E-state index in [0.29, 0.717) is 37.2 Å².